The number of alkyl halides is 3. The van der Waals surface area contributed by atoms with Gasteiger partial charge in [0.2, 0.25) is 0 Å². The second-order valence-electron chi connectivity index (χ2n) is 5.79. The van der Waals surface area contributed by atoms with Crippen LogP contribution in [0.1, 0.15) is 43.2 Å². The summed E-state index contributed by atoms with van der Waals surface area (Å²) in [6.45, 7) is 2.84. The van der Waals surface area contributed by atoms with Gasteiger partial charge in [-0.05, 0) is 43.7 Å². The van der Waals surface area contributed by atoms with Crippen LogP contribution in [0.25, 0.3) is 0 Å². The van der Waals surface area contributed by atoms with Gasteiger partial charge in [-0.25, -0.2) is 4.39 Å². The molecule has 0 N–H and O–H groups in total. The molecule has 2 atom stereocenters. The van der Waals surface area contributed by atoms with Gasteiger partial charge in [-0.1, -0.05) is 13.0 Å². The van der Waals surface area contributed by atoms with Crippen LogP contribution >= 0.6 is 0 Å². The molecule has 0 amide bonds. The quantitative estimate of drug-likeness (QED) is 0.698. The van der Waals surface area contributed by atoms with Crippen LogP contribution in [0.5, 0.6) is 5.75 Å². The first-order valence-electron chi connectivity index (χ1n) is 6.59. The Morgan fingerprint density at radius 3 is 2.45 bits per heavy atom. The third-order valence-corrected chi connectivity index (χ3v) is 4.44. The van der Waals surface area contributed by atoms with Crippen molar-refractivity contribution in [3.8, 4) is 5.75 Å². The van der Waals surface area contributed by atoms with Gasteiger partial charge < -0.3 is 4.74 Å². The number of benzene rings is 1. The molecule has 0 saturated heterocycles. The van der Waals surface area contributed by atoms with Gasteiger partial charge in [0.15, 0.2) is 0 Å². The van der Waals surface area contributed by atoms with Crippen molar-refractivity contribution in [2.45, 2.75) is 45.2 Å². The number of halogens is 4. The van der Waals surface area contributed by atoms with E-state index in [-0.39, 0.29) is 18.8 Å². The monoisotopic (exact) mass is 290 g/mol. The molecule has 0 aromatic heterocycles. The zero-order valence-electron chi connectivity index (χ0n) is 11.8. The number of methoxy groups -OCH3 is 1. The van der Waals surface area contributed by atoms with Gasteiger partial charge in [0.25, 0.3) is 0 Å². The highest BCUT2D eigenvalue weighted by atomic mass is 19.4. The Morgan fingerprint density at radius 2 is 1.95 bits per heavy atom. The minimum Gasteiger partial charge on any atom is -0.496 e. The van der Waals surface area contributed by atoms with E-state index >= 15 is 0 Å². The Bertz CT molecular complexity index is 509. The summed E-state index contributed by atoms with van der Waals surface area (Å²) in [5.74, 6) is -0.264. The lowest BCUT2D eigenvalue weighted by Gasteiger charge is -2.27. The van der Waals surface area contributed by atoms with Crippen molar-refractivity contribution in [1.82, 2.24) is 0 Å². The van der Waals surface area contributed by atoms with E-state index in [0.29, 0.717) is 23.3 Å². The first-order valence-corrected chi connectivity index (χ1v) is 6.59. The summed E-state index contributed by atoms with van der Waals surface area (Å²) in [5, 5.41) is 0. The van der Waals surface area contributed by atoms with Crippen LogP contribution in [0, 0.1) is 18.2 Å². The molecule has 1 fully saturated rings. The molecule has 2 rings (SSSR count). The minimum absolute atomic E-state index is 0.0257. The molecule has 1 aliphatic carbocycles. The summed E-state index contributed by atoms with van der Waals surface area (Å²) < 4.78 is 57.9. The summed E-state index contributed by atoms with van der Waals surface area (Å²) in [5.41, 5.74) is -0.629. The molecule has 112 valence electrons. The Kier molecular flexibility index (Phi) is 3.73. The van der Waals surface area contributed by atoms with Gasteiger partial charge in [-0.15, -0.1) is 0 Å². The third-order valence-electron chi connectivity index (χ3n) is 4.44. The molecule has 0 spiro atoms. The smallest absolute Gasteiger partial charge is 0.394 e. The van der Waals surface area contributed by atoms with Crippen molar-refractivity contribution < 1.29 is 22.3 Å². The first kappa shape index (κ1) is 15.1. The van der Waals surface area contributed by atoms with E-state index in [1.54, 1.807) is 13.0 Å². The summed E-state index contributed by atoms with van der Waals surface area (Å²) >= 11 is 0. The van der Waals surface area contributed by atoms with Crippen LogP contribution in [0.3, 0.4) is 0 Å². The number of ether oxygens (including phenoxy) is 1. The number of rotatable bonds is 2. The van der Waals surface area contributed by atoms with Gasteiger partial charge in [-0.2, -0.15) is 13.2 Å². The molecular formula is C15H18F4O. The summed E-state index contributed by atoms with van der Waals surface area (Å²) in [4.78, 5) is 0. The van der Waals surface area contributed by atoms with Crippen molar-refractivity contribution in [3.05, 3.63) is 29.1 Å². The Balaban J connectivity index is 2.34. The normalized spacial score (nSPS) is 26.9. The van der Waals surface area contributed by atoms with Crippen molar-refractivity contribution in [2.75, 3.05) is 7.11 Å². The minimum atomic E-state index is -4.20. The van der Waals surface area contributed by atoms with E-state index in [1.807, 2.05) is 0 Å². The second kappa shape index (κ2) is 4.93. The zero-order chi connectivity index (χ0) is 15.1. The van der Waals surface area contributed by atoms with E-state index < -0.39 is 17.4 Å². The van der Waals surface area contributed by atoms with Gasteiger partial charge >= 0.3 is 6.18 Å². The predicted octanol–water partition coefficient (Wildman–Crippen LogP) is 4.98. The van der Waals surface area contributed by atoms with Crippen LogP contribution in [-0.4, -0.2) is 13.3 Å². The highest BCUT2D eigenvalue weighted by molar-refractivity contribution is 5.44. The van der Waals surface area contributed by atoms with E-state index in [9.17, 15) is 17.6 Å². The van der Waals surface area contributed by atoms with Crippen molar-refractivity contribution >= 4 is 0 Å². The number of hydrogen-bond acceptors (Lipinski definition) is 1. The Hall–Kier alpha value is -1.26. The van der Waals surface area contributed by atoms with Gasteiger partial charge in [-0.3, -0.25) is 0 Å². The largest absolute Gasteiger partial charge is 0.496 e. The molecule has 0 bridgehead atoms. The Morgan fingerprint density at radius 1 is 1.30 bits per heavy atom. The van der Waals surface area contributed by atoms with Crippen LogP contribution < -0.4 is 4.74 Å². The average Bonchev–Trinajstić information content (AvgIpc) is 2.76. The van der Waals surface area contributed by atoms with E-state index in [4.69, 9.17) is 4.74 Å². The standard InChI is InChI=1S/C15H18F4O/c1-9-12(16)5-4-11(13(9)20-3)10-6-7-14(2,8-10)15(17,18)19/h4-5,10H,6-8H2,1-3H3/t10?,14-/m0/s1. The molecule has 1 aromatic rings. The lowest BCUT2D eigenvalue weighted by Crippen LogP contribution is -2.32. The molecule has 1 nitrogen and oxygen atoms in total. The Labute approximate surface area is 115 Å². The molecule has 1 aromatic carbocycles. The van der Waals surface area contributed by atoms with Gasteiger partial charge in [0, 0.05) is 5.56 Å². The molecule has 0 radical (unpaired) electrons. The molecule has 1 saturated carbocycles. The molecule has 1 aliphatic rings. The SMILES string of the molecule is COc1c(C2CC[C@](C)(C(F)(F)F)C2)ccc(F)c1C. The van der Waals surface area contributed by atoms with Crippen molar-refractivity contribution in [1.29, 1.82) is 0 Å². The maximum atomic E-state index is 13.5. The first-order chi connectivity index (χ1) is 9.19. The molecule has 0 aliphatic heterocycles. The lowest BCUT2D eigenvalue weighted by atomic mass is 9.85. The third kappa shape index (κ3) is 2.38. The van der Waals surface area contributed by atoms with Crippen molar-refractivity contribution in [3.63, 3.8) is 0 Å². The van der Waals surface area contributed by atoms with Gasteiger partial charge in [0.1, 0.15) is 11.6 Å². The van der Waals surface area contributed by atoms with Crippen molar-refractivity contribution in [2.24, 2.45) is 5.41 Å². The second-order valence-corrected chi connectivity index (χ2v) is 5.79. The zero-order valence-corrected chi connectivity index (χ0v) is 11.8. The summed E-state index contributed by atoms with van der Waals surface area (Å²) in [7, 11) is 1.42. The maximum absolute atomic E-state index is 13.5. The molecule has 0 heterocycles. The van der Waals surface area contributed by atoms with Crippen LogP contribution in [0.4, 0.5) is 17.6 Å². The van der Waals surface area contributed by atoms with E-state index in [1.165, 1.54) is 20.1 Å². The fraction of sp³-hybridized carbons (Fsp3) is 0.600. The average molecular weight is 290 g/mol. The lowest BCUT2D eigenvalue weighted by molar-refractivity contribution is -0.215. The van der Waals surface area contributed by atoms with Crippen LogP contribution in [0.15, 0.2) is 12.1 Å². The highest BCUT2D eigenvalue weighted by Gasteiger charge is 2.55. The fourth-order valence-electron chi connectivity index (χ4n) is 3.04. The van der Waals surface area contributed by atoms with Crippen LogP contribution in [-0.2, 0) is 0 Å². The topological polar surface area (TPSA) is 9.23 Å². The highest BCUT2D eigenvalue weighted by Crippen LogP contribution is 2.56. The molecule has 5 heteroatoms. The van der Waals surface area contributed by atoms with Gasteiger partial charge in [0.05, 0.1) is 12.5 Å². The molecule has 1 unspecified atom stereocenters. The number of hydrogen-bond donors (Lipinski definition) is 0. The summed E-state index contributed by atoms with van der Waals surface area (Å²) in [6, 6.07) is 2.85. The fourth-order valence-corrected chi connectivity index (χ4v) is 3.04. The van der Waals surface area contributed by atoms with Crippen LogP contribution in [0.2, 0.25) is 0 Å². The molecule has 20 heavy (non-hydrogen) atoms. The van der Waals surface area contributed by atoms with E-state index in [0.717, 1.165) is 0 Å². The maximum Gasteiger partial charge on any atom is 0.394 e. The molecular weight excluding hydrogens is 272 g/mol. The summed E-state index contributed by atoms with van der Waals surface area (Å²) in [6.07, 6.45) is -3.64. The van der Waals surface area contributed by atoms with E-state index in [2.05, 4.69) is 0 Å². The predicted molar refractivity (Wildman–Crippen MR) is 68.4 cm³/mol.